The number of benzene rings is 8. The number of hydrogen-bond donors (Lipinski definition) is 0. The van der Waals surface area contributed by atoms with Crippen LogP contribution >= 0.6 is 0 Å². The average Bonchev–Trinajstić information content (AvgIpc) is 3.75. The zero-order valence-electron chi connectivity index (χ0n) is 30.2. The first-order valence-electron chi connectivity index (χ1n) is 18.8. The first-order chi connectivity index (χ1) is 27.2. The van der Waals surface area contributed by atoms with Crippen molar-refractivity contribution in [2.24, 2.45) is 9.98 Å². The second-order valence-electron chi connectivity index (χ2n) is 14.3. The zero-order valence-corrected chi connectivity index (χ0v) is 30.2. The Morgan fingerprint density at radius 1 is 0.436 bits per heavy atom. The van der Waals surface area contributed by atoms with Gasteiger partial charge in [-0.05, 0) is 53.4 Å². The Bertz CT molecular complexity index is 3150. The molecule has 0 radical (unpaired) electrons. The van der Waals surface area contributed by atoms with Crippen LogP contribution in [0.5, 0.6) is 0 Å². The van der Waals surface area contributed by atoms with E-state index in [4.69, 9.17) is 9.98 Å². The van der Waals surface area contributed by atoms with Crippen molar-refractivity contribution in [2.75, 3.05) is 7.05 Å². The molecule has 0 amide bonds. The van der Waals surface area contributed by atoms with E-state index in [2.05, 4.69) is 203 Å². The van der Waals surface area contributed by atoms with E-state index >= 15 is 0 Å². The molecule has 260 valence electrons. The van der Waals surface area contributed by atoms with E-state index in [0.717, 1.165) is 56.0 Å². The smallest absolute Gasteiger partial charge is 0.160 e. The van der Waals surface area contributed by atoms with Gasteiger partial charge in [0, 0.05) is 50.8 Å². The molecule has 3 heterocycles. The van der Waals surface area contributed by atoms with Crippen molar-refractivity contribution in [2.45, 2.75) is 6.17 Å². The topological polar surface area (TPSA) is 37.8 Å². The Labute approximate surface area is 318 Å². The maximum atomic E-state index is 5.36. The van der Waals surface area contributed by atoms with E-state index in [1.807, 2.05) is 6.07 Å². The third kappa shape index (κ3) is 4.87. The molecule has 11 rings (SSSR count). The van der Waals surface area contributed by atoms with Crippen molar-refractivity contribution in [3.8, 4) is 11.4 Å². The van der Waals surface area contributed by atoms with Gasteiger partial charge in [0.15, 0.2) is 5.84 Å². The fourth-order valence-corrected chi connectivity index (χ4v) is 8.66. The highest BCUT2D eigenvalue weighted by molar-refractivity contribution is 6.21. The van der Waals surface area contributed by atoms with Crippen molar-refractivity contribution in [1.29, 1.82) is 0 Å². The lowest BCUT2D eigenvalue weighted by Gasteiger charge is -2.32. The number of rotatable bonds is 5. The Morgan fingerprint density at radius 3 is 1.73 bits per heavy atom. The first kappa shape index (κ1) is 31.3. The van der Waals surface area contributed by atoms with Crippen molar-refractivity contribution in [3.05, 3.63) is 205 Å². The van der Waals surface area contributed by atoms with Crippen LogP contribution in [0.3, 0.4) is 0 Å². The van der Waals surface area contributed by atoms with Crippen molar-refractivity contribution >= 4 is 66.1 Å². The highest BCUT2D eigenvalue weighted by atomic mass is 15.3. The van der Waals surface area contributed by atoms with E-state index in [9.17, 15) is 0 Å². The molecule has 0 aliphatic carbocycles. The minimum atomic E-state index is -0.224. The molecule has 1 unspecified atom stereocenters. The van der Waals surface area contributed by atoms with Crippen molar-refractivity contribution < 1.29 is 0 Å². The lowest BCUT2D eigenvalue weighted by molar-refractivity contribution is 0.383. The summed E-state index contributed by atoms with van der Waals surface area (Å²) in [7, 11) is 2.08. The van der Waals surface area contributed by atoms with E-state index in [1.165, 1.54) is 38.1 Å². The number of fused-ring (bicyclic) bond motifs is 7. The average molecular weight is 706 g/mol. The Morgan fingerprint density at radius 2 is 1.00 bits per heavy atom. The lowest BCUT2D eigenvalue weighted by atomic mass is 10.0. The Kier molecular flexibility index (Phi) is 7.07. The van der Waals surface area contributed by atoms with Crippen LogP contribution in [0.15, 0.2) is 198 Å². The van der Waals surface area contributed by atoms with Crippen LogP contribution in [0.4, 0.5) is 0 Å². The van der Waals surface area contributed by atoms with Gasteiger partial charge in [-0.3, -0.25) is 0 Å². The minimum absolute atomic E-state index is 0.224. The quantitative estimate of drug-likeness (QED) is 0.176. The maximum Gasteiger partial charge on any atom is 0.160 e. The Balaban J connectivity index is 1.17. The standard InChI is InChI=1S/C50H35N5/c1-53-49(33-17-5-2-6-18-33)51-48(52-50(53)34-19-7-3-8-20-34)40-27-15-26-37-36(40)25-16-30-45(37)55-44-29-14-12-24-39(44)42-31-41-38-23-11-13-28-43(38)54(46(41)32-47(42)55)35-21-9-4-10-22-35/h2-32,49H,1H3. The molecule has 0 bridgehead atoms. The highest BCUT2D eigenvalue weighted by Gasteiger charge is 2.27. The van der Waals surface area contributed by atoms with Gasteiger partial charge in [-0.15, -0.1) is 0 Å². The minimum Gasteiger partial charge on any atom is -0.333 e. The normalized spacial score (nSPS) is 14.6. The van der Waals surface area contributed by atoms with Crippen LogP contribution in [-0.4, -0.2) is 32.8 Å². The van der Waals surface area contributed by atoms with E-state index in [0.29, 0.717) is 0 Å². The number of hydrogen-bond acceptors (Lipinski definition) is 3. The third-order valence-corrected chi connectivity index (χ3v) is 11.1. The van der Waals surface area contributed by atoms with Gasteiger partial charge in [-0.1, -0.05) is 146 Å². The summed E-state index contributed by atoms with van der Waals surface area (Å²) in [6.07, 6.45) is -0.224. The van der Waals surface area contributed by atoms with Crippen LogP contribution in [0.25, 0.3) is 65.8 Å². The molecule has 10 aromatic rings. The van der Waals surface area contributed by atoms with Crippen LogP contribution in [0, 0.1) is 0 Å². The predicted octanol–water partition coefficient (Wildman–Crippen LogP) is 11.9. The molecule has 8 aromatic carbocycles. The van der Waals surface area contributed by atoms with E-state index < -0.39 is 0 Å². The summed E-state index contributed by atoms with van der Waals surface area (Å²) in [6.45, 7) is 0. The summed E-state index contributed by atoms with van der Waals surface area (Å²) in [5, 5.41) is 7.20. The summed E-state index contributed by atoms with van der Waals surface area (Å²) < 4.78 is 4.85. The maximum absolute atomic E-state index is 5.36. The van der Waals surface area contributed by atoms with Gasteiger partial charge in [0.1, 0.15) is 12.0 Å². The third-order valence-electron chi connectivity index (χ3n) is 11.1. The number of amidine groups is 2. The van der Waals surface area contributed by atoms with E-state index in [-0.39, 0.29) is 6.17 Å². The molecule has 2 aromatic heterocycles. The van der Waals surface area contributed by atoms with Gasteiger partial charge in [0.25, 0.3) is 0 Å². The predicted molar refractivity (Wildman–Crippen MR) is 229 cm³/mol. The molecular formula is C50H35N5. The molecule has 5 nitrogen and oxygen atoms in total. The fraction of sp³-hybridized carbons (Fsp3) is 0.0400. The zero-order chi connectivity index (χ0) is 36.5. The molecule has 0 fully saturated rings. The van der Waals surface area contributed by atoms with Crippen LogP contribution in [0.2, 0.25) is 0 Å². The number of aromatic nitrogens is 2. The second kappa shape index (κ2) is 12.4. The second-order valence-corrected chi connectivity index (χ2v) is 14.3. The van der Waals surface area contributed by atoms with Crippen LogP contribution < -0.4 is 0 Å². The fourth-order valence-electron chi connectivity index (χ4n) is 8.66. The molecule has 0 saturated heterocycles. The van der Waals surface area contributed by atoms with Gasteiger partial charge in [-0.25, -0.2) is 9.98 Å². The van der Waals surface area contributed by atoms with E-state index in [1.54, 1.807) is 0 Å². The molecule has 0 saturated carbocycles. The summed E-state index contributed by atoms with van der Waals surface area (Å²) in [6, 6.07) is 67.1. The summed E-state index contributed by atoms with van der Waals surface area (Å²) >= 11 is 0. The van der Waals surface area contributed by atoms with Crippen molar-refractivity contribution in [1.82, 2.24) is 14.0 Å². The highest BCUT2D eigenvalue weighted by Crippen LogP contribution is 2.41. The molecule has 5 heteroatoms. The number of aliphatic imine (C=N–C) groups is 2. The van der Waals surface area contributed by atoms with Crippen LogP contribution in [-0.2, 0) is 0 Å². The monoisotopic (exact) mass is 705 g/mol. The first-order valence-corrected chi connectivity index (χ1v) is 18.8. The summed E-state index contributed by atoms with van der Waals surface area (Å²) in [5.74, 6) is 1.62. The summed E-state index contributed by atoms with van der Waals surface area (Å²) in [5.41, 5.74) is 10.2. The molecule has 1 aliphatic rings. The molecule has 55 heavy (non-hydrogen) atoms. The number of para-hydroxylation sites is 3. The molecular weight excluding hydrogens is 671 g/mol. The Hall–Kier alpha value is -7.24. The molecule has 0 N–H and O–H groups in total. The van der Waals surface area contributed by atoms with Crippen molar-refractivity contribution in [3.63, 3.8) is 0 Å². The molecule has 0 spiro atoms. The number of nitrogens with zero attached hydrogens (tertiary/aromatic N) is 5. The van der Waals surface area contributed by atoms with Gasteiger partial charge in [0.2, 0.25) is 0 Å². The summed E-state index contributed by atoms with van der Waals surface area (Å²) in [4.78, 5) is 12.8. The molecule has 1 aliphatic heterocycles. The largest absolute Gasteiger partial charge is 0.333 e. The SMILES string of the molecule is CN1C(c2ccccc2)=NC(c2cccc3c(-n4c5ccccc5c5cc6c7ccccc7n(-c7ccccc7)c6cc54)cccc23)=NC1c1ccccc1. The van der Waals surface area contributed by atoms with Gasteiger partial charge in [0.05, 0.1) is 27.8 Å². The van der Waals surface area contributed by atoms with Gasteiger partial charge in [-0.2, -0.15) is 0 Å². The lowest BCUT2D eigenvalue weighted by Crippen LogP contribution is -2.35. The van der Waals surface area contributed by atoms with Gasteiger partial charge < -0.3 is 14.0 Å². The van der Waals surface area contributed by atoms with Crippen LogP contribution in [0.1, 0.15) is 22.9 Å². The van der Waals surface area contributed by atoms with Gasteiger partial charge >= 0.3 is 0 Å². The molecule has 1 atom stereocenters.